The predicted octanol–water partition coefficient (Wildman–Crippen LogP) is 0.655. The summed E-state index contributed by atoms with van der Waals surface area (Å²) in [6.45, 7) is 1.99. The van der Waals surface area contributed by atoms with Gasteiger partial charge in [-0.15, -0.1) is 0 Å². The number of carbonyl (C=O) groups is 1. The van der Waals surface area contributed by atoms with Crippen molar-refractivity contribution in [2.24, 2.45) is 0 Å². The van der Waals surface area contributed by atoms with E-state index in [1.54, 1.807) is 0 Å². The fourth-order valence-electron chi connectivity index (χ4n) is 1.68. The molecule has 0 aromatic carbocycles. The van der Waals surface area contributed by atoms with Gasteiger partial charge in [0.15, 0.2) is 0 Å². The second-order valence-corrected chi connectivity index (χ2v) is 3.36. The highest BCUT2D eigenvalue weighted by atomic mass is 16.1. The van der Waals surface area contributed by atoms with Crippen LogP contribution in [0.3, 0.4) is 0 Å². The summed E-state index contributed by atoms with van der Waals surface area (Å²) in [7, 11) is 0. The third kappa shape index (κ3) is 3.72. The number of hydrogen-bond acceptors (Lipinski definition) is 2. The Balaban J connectivity index is 1.94. The Kier molecular flexibility index (Phi) is 4.76. The van der Waals surface area contributed by atoms with Crippen LogP contribution in [0.4, 0.5) is 0 Å². The van der Waals surface area contributed by atoms with Crippen LogP contribution in [-0.4, -0.2) is 25.5 Å². The van der Waals surface area contributed by atoms with Gasteiger partial charge in [-0.05, 0) is 32.2 Å². The lowest BCUT2D eigenvalue weighted by Crippen LogP contribution is -2.34. The quantitative estimate of drug-likeness (QED) is 0.470. The molecule has 1 saturated heterocycles. The fourth-order valence-corrected chi connectivity index (χ4v) is 1.68. The van der Waals surface area contributed by atoms with Gasteiger partial charge in [0.05, 0.1) is 0 Å². The lowest BCUT2D eigenvalue weighted by Gasteiger charge is -2.23. The van der Waals surface area contributed by atoms with Crippen molar-refractivity contribution >= 4 is 6.41 Å². The molecule has 1 heterocycles. The van der Waals surface area contributed by atoms with Crippen molar-refractivity contribution in [3.05, 3.63) is 0 Å². The van der Waals surface area contributed by atoms with Crippen LogP contribution in [0, 0.1) is 0 Å². The van der Waals surface area contributed by atoms with Gasteiger partial charge in [-0.1, -0.05) is 6.42 Å². The van der Waals surface area contributed by atoms with Crippen molar-refractivity contribution in [3.63, 3.8) is 0 Å². The first-order chi connectivity index (χ1) is 5.93. The van der Waals surface area contributed by atoms with Gasteiger partial charge in [-0.3, -0.25) is 4.79 Å². The molecule has 1 fully saturated rings. The van der Waals surface area contributed by atoms with Crippen molar-refractivity contribution in [2.75, 3.05) is 13.1 Å². The molecule has 0 radical (unpaired) electrons. The summed E-state index contributed by atoms with van der Waals surface area (Å²) in [6, 6.07) is 0.701. The lowest BCUT2D eigenvalue weighted by atomic mass is 10.0. The van der Waals surface area contributed by atoms with Crippen molar-refractivity contribution in [1.82, 2.24) is 10.6 Å². The second kappa shape index (κ2) is 6.00. The van der Waals surface area contributed by atoms with E-state index in [-0.39, 0.29) is 0 Å². The lowest BCUT2D eigenvalue weighted by molar-refractivity contribution is -0.109. The van der Waals surface area contributed by atoms with Crippen molar-refractivity contribution < 1.29 is 4.79 Å². The van der Waals surface area contributed by atoms with Gasteiger partial charge in [0.25, 0.3) is 0 Å². The Morgan fingerprint density at radius 2 is 2.42 bits per heavy atom. The molecule has 0 bridgehead atoms. The molecule has 1 atom stereocenters. The van der Waals surface area contributed by atoms with Crippen LogP contribution in [0.5, 0.6) is 0 Å². The molecular formula is C9H18N2O. The second-order valence-electron chi connectivity index (χ2n) is 3.36. The zero-order valence-electron chi connectivity index (χ0n) is 7.51. The molecule has 2 N–H and O–H groups in total. The molecule has 70 valence electrons. The predicted molar refractivity (Wildman–Crippen MR) is 48.9 cm³/mol. The minimum atomic E-state index is 0.701. The Hall–Kier alpha value is -0.570. The number of carbonyl (C=O) groups excluding carboxylic acids is 1. The van der Waals surface area contributed by atoms with Crippen molar-refractivity contribution in [3.8, 4) is 0 Å². The van der Waals surface area contributed by atoms with Gasteiger partial charge in [0.2, 0.25) is 6.41 Å². The third-order valence-corrected chi connectivity index (χ3v) is 2.37. The van der Waals surface area contributed by atoms with E-state index in [0.29, 0.717) is 6.04 Å². The average Bonchev–Trinajstić information content (AvgIpc) is 2.14. The van der Waals surface area contributed by atoms with Crippen LogP contribution in [0.25, 0.3) is 0 Å². The van der Waals surface area contributed by atoms with E-state index in [9.17, 15) is 4.79 Å². The molecule has 1 amide bonds. The summed E-state index contributed by atoms with van der Waals surface area (Å²) in [5.74, 6) is 0. The van der Waals surface area contributed by atoms with Gasteiger partial charge in [-0.25, -0.2) is 0 Å². The number of amides is 1. The molecule has 1 aliphatic heterocycles. The Labute approximate surface area is 73.9 Å². The maximum absolute atomic E-state index is 9.93. The summed E-state index contributed by atoms with van der Waals surface area (Å²) in [6.07, 6.45) is 7.05. The summed E-state index contributed by atoms with van der Waals surface area (Å²) >= 11 is 0. The fraction of sp³-hybridized carbons (Fsp3) is 0.889. The third-order valence-electron chi connectivity index (χ3n) is 2.37. The Morgan fingerprint density at radius 3 is 3.08 bits per heavy atom. The molecule has 0 aromatic heterocycles. The normalized spacial score (nSPS) is 23.5. The van der Waals surface area contributed by atoms with E-state index in [4.69, 9.17) is 0 Å². The highest BCUT2D eigenvalue weighted by Gasteiger charge is 2.10. The minimum Gasteiger partial charge on any atom is -0.359 e. The standard InChI is InChI=1S/C9H18N2O/c12-8-10-6-3-5-9-4-1-2-7-11-9/h8-9,11H,1-7H2,(H,10,12). The zero-order chi connectivity index (χ0) is 8.65. The van der Waals surface area contributed by atoms with E-state index < -0.39 is 0 Å². The van der Waals surface area contributed by atoms with E-state index in [2.05, 4.69) is 10.6 Å². The largest absolute Gasteiger partial charge is 0.359 e. The molecule has 0 aromatic rings. The van der Waals surface area contributed by atoms with E-state index in [0.717, 1.165) is 19.4 Å². The van der Waals surface area contributed by atoms with Gasteiger partial charge < -0.3 is 10.6 Å². The molecule has 0 spiro atoms. The van der Waals surface area contributed by atoms with Gasteiger partial charge in [0.1, 0.15) is 0 Å². The molecule has 1 rings (SSSR count). The van der Waals surface area contributed by atoms with Gasteiger partial charge in [0, 0.05) is 12.6 Å². The zero-order valence-corrected chi connectivity index (χ0v) is 7.51. The highest BCUT2D eigenvalue weighted by Crippen LogP contribution is 2.10. The van der Waals surface area contributed by atoms with Crippen LogP contribution in [0.15, 0.2) is 0 Å². The van der Waals surface area contributed by atoms with E-state index >= 15 is 0 Å². The first kappa shape index (κ1) is 9.52. The minimum absolute atomic E-state index is 0.701. The first-order valence-corrected chi connectivity index (χ1v) is 4.84. The van der Waals surface area contributed by atoms with Crippen LogP contribution >= 0.6 is 0 Å². The number of hydrogen-bond donors (Lipinski definition) is 2. The summed E-state index contributed by atoms with van der Waals surface area (Å²) in [5, 5.41) is 6.16. The Bertz CT molecular complexity index is 122. The first-order valence-electron chi connectivity index (χ1n) is 4.84. The average molecular weight is 170 g/mol. The summed E-state index contributed by atoms with van der Waals surface area (Å²) < 4.78 is 0. The Morgan fingerprint density at radius 1 is 1.50 bits per heavy atom. The maximum Gasteiger partial charge on any atom is 0.207 e. The summed E-state index contributed by atoms with van der Waals surface area (Å²) in [5.41, 5.74) is 0. The number of rotatable bonds is 5. The molecule has 3 nitrogen and oxygen atoms in total. The molecule has 1 aliphatic rings. The highest BCUT2D eigenvalue weighted by molar-refractivity contribution is 5.45. The van der Waals surface area contributed by atoms with Crippen molar-refractivity contribution in [2.45, 2.75) is 38.1 Å². The van der Waals surface area contributed by atoms with Crippen LogP contribution in [0.2, 0.25) is 0 Å². The topological polar surface area (TPSA) is 41.1 Å². The maximum atomic E-state index is 9.93. The smallest absolute Gasteiger partial charge is 0.207 e. The van der Waals surface area contributed by atoms with Gasteiger partial charge >= 0.3 is 0 Å². The van der Waals surface area contributed by atoms with Crippen molar-refractivity contribution in [1.29, 1.82) is 0 Å². The van der Waals surface area contributed by atoms with Crippen LogP contribution < -0.4 is 10.6 Å². The molecule has 0 saturated carbocycles. The van der Waals surface area contributed by atoms with Crippen LogP contribution in [0.1, 0.15) is 32.1 Å². The van der Waals surface area contributed by atoms with Gasteiger partial charge in [-0.2, -0.15) is 0 Å². The number of nitrogens with one attached hydrogen (secondary N) is 2. The molecule has 12 heavy (non-hydrogen) atoms. The SMILES string of the molecule is O=CNCCCC1CCCCN1. The molecule has 3 heteroatoms. The van der Waals surface area contributed by atoms with Crippen LogP contribution in [-0.2, 0) is 4.79 Å². The molecule has 0 aliphatic carbocycles. The molecular weight excluding hydrogens is 152 g/mol. The summed E-state index contributed by atoms with van der Waals surface area (Å²) in [4.78, 5) is 9.93. The van der Waals surface area contributed by atoms with E-state index in [1.165, 1.54) is 32.2 Å². The number of piperidine rings is 1. The monoisotopic (exact) mass is 170 g/mol. The van der Waals surface area contributed by atoms with E-state index in [1.807, 2.05) is 0 Å². The molecule has 1 unspecified atom stereocenters.